The monoisotopic (exact) mass is 398 g/mol. The number of carbonyl (C=O) groups excluding carboxylic acids is 1. The van der Waals surface area contributed by atoms with Crippen LogP contribution >= 0.6 is 0 Å². The fraction of sp³-hybridized carbons (Fsp3) is 0.222. The minimum absolute atomic E-state index is 0.0335. The molecule has 0 atom stereocenters. The summed E-state index contributed by atoms with van der Waals surface area (Å²) in [5.41, 5.74) is 1.73. The van der Waals surface area contributed by atoms with Crippen molar-refractivity contribution < 1.29 is 13.2 Å². The summed E-state index contributed by atoms with van der Waals surface area (Å²) in [6.07, 6.45) is 4.88. The second-order valence-electron chi connectivity index (χ2n) is 7.06. The minimum atomic E-state index is -3.93. The maximum Gasteiger partial charge on any atom is 0.264 e. The van der Waals surface area contributed by atoms with Crippen LogP contribution in [0.1, 0.15) is 19.4 Å². The van der Waals surface area contributed by atoms with Crippen molar-refractivity contribution in [3.8, 4) is 11.3 Å². The molecule has 144 valence electrons. The Kier molecular flexibility index (Phi) is 3.96. The molecule has 9 nitrogen and oxygen atoms in total. The SMILES string of the molecule is Cn1cc(-c2ccnc(NS(=O)(=O)c3ccc4c(c3)C(C)(C)C(=O)N4)n2)cn1. The molecule has 1 aliphatic rings. The average Bonchev–Trinajstić information content (AvgIpc) is 3.16. The molecule has 0 saturated carbocycles. The number of nitrogens with zero attached hydrogens (tertiary/aromatic N) is 4. The van der Waals surface area contributed by atoms with Crippen LogP contribution in [0.5, 0.6) is 0 Å². The molecule has 1 amide bonds. The van der Waals surface area contributed by atoms with E-state index in [-0.39, 0.29) is 16.8 Å². The summed E-state index contributed by atoms with van der Waals surface area (Å²) in [4.78, 5) is 20.4. The number of carbonyl (C=O) groups is 1. The van der Waals surface area contributed by atoms with E-state index in [0.717, 1.165) is 5.56 Å². The van der Waals surface area contributed by atoms with Gasteiger partial charge in [0.25, 0.3) is 10.0 Å². The van der Waals surface area contributed by atoms with Gasteiger partial charge in [-0.15, -0.1) is 0 Å². The van der Waals surface area contributed by atoms with Crippen LogP contribution in [0.25, 0.3) is 11.3 Å². The van der Waals surface area contributed by atoms with E-state index in [1.807, 2.05) is 0 Å². The van der Waals surface area contributed by atoms with Crippen LogP contribution in [0.3, 0.4) is 0 Å². The van der Waals surface area contributed by atoms with Crippen LogP contribution in [0.2, 0.25) is 0 Å². The molecule has 3 aromatic rings. The molecule has 0 spiro atoms. The Hall–Kier alpha value is -3.27. The van der Waals surface area contributed by atoms with Crippen molar-refractivity contribution >= 4 is 27.6 Å². The fourth-order valence-electron chi connectivity index (χ4n) is 3.02. The lowest BCUT2D eigenvalue weighted by molar-refractivity contribution is -0.119. The van der Waals surface area contributed by atoms with E-state index in [0.29, 0.717) is 16.9 Å². The predicted molar refractivity (Wildman–Crippen MR) is 103 cm³/mol. The lowest BCUT2D eigenvalue weighted by Gasteiger charge is -2.16. The Bertz CT molecular complexity index is 1200. The zero-order valence-electron chi connectivity index (χ0n) is 15.5. The van der Waals surface area contributed by atoms with Crippen LogP contribution in [-0.2, 0) is 27.3 Å². The standard InChI is InChI=1S/C18H18N6O3S/c1-18(2)13-8-12(4-5-15(13)21-16(18)25)28(26,27)23-17-19-7-6-14(22-17)11-9-20-24(3)10-11/h4-10H,1-3H3,(H,21,25)(H,19,22,23). The van der Waals surface area contributed by atoms with Crippen molar-refractivity contribution in [1.82, 2.24) is 19.7 Å². The largest absolute Gasteiger partial charge is 0.325 e. The van der Waals surface area contributed by atoms with Gasteiger partial charge < -0.3 is 5.32 Å². The number of hydrogen-bond acceptors (Lipinski definition) is 6. The highest BCUT2D eigenvalue weighted by Gasteiger charge is 2.39. The Labute approximate surface area is 161 Å². The molecule has 3 heterocycles. The van der Waals surface area contributed by atoms with E-state index in [9.17, 15) is 13.2 Å². The number of fused-ring (bicyclic) bond motifs is 1. The van der Waals surface area contributed by atoms with E-state index in [1.165, 1.54) is 18.3 Å². The Morgan fingerprint density at radius 3 is 2.71 bits per heavy atom. The smallest absolute Gasteiger partial charge is 0.264 e. The first-order valence-electron chi connectivity index (χ1n) is 8.48. The Balaban J connectivity index is 1.66. The van der Waals surface area contributed by atoms with Gasteiger partial charge in [-0.25, -0.2) is 23.1 Å². The highest BCUT2D eigenvalue weighted by molar-refractivity contribution is 7.92. The molecular weight excluding hydrogens is 380 g/mol. The highest BCUT2D eigenvalue weighted by atomic mass is 32.2. The molecule has 28 heavy (non-hydrogen) atoms. The van der Waals surface area contributed by atoms with Gasteiger partial charge in [0, 0.05) is 30.7 Å². The number of sulfonamides is 1. The fourth-order valence-corrected chi connectivity index (χ4v) is 4.00. The average molecular weight is 398 g/mol. The molecule has 4 rings (SSSR count). The summed E-state index contributed by atoms with van der Waals surface area (Å²) >= 11 is 0. The highest BCUT2D eigenvalue weighted by Crippen LogP contribution is 2.38. The molecule has 2 N–H and O–H groups in total. The van der Waals surface area contributed by atoms with Gasteiger partial charge in [0.2, 0.25) is 11.9 Å². The molecule has 0 unspecified atom stereocenters. The van der Waals surface area contributed by atoms with Crippen LogP contribution in [0.15, 0.2) is 47.8 Å². The minimum Gasteiger partial charge on any atom is -0.325 e. The topological polar surface area (TPSA) is 119 Å². The van der Waals surface area contributed by atoms with E-state index in [2.05, 4.69) is 25.1 Å². The third kappa shape index (κ3) is 3.01. The predicted octanol–water partition coefficient (Wildman–Crippen LogP) is 1.91. The molecule has 1 aromatic carbocycles. The van der Waals surface area contributed by atoms with Crippen LogP contribution in [0.4, 0.5) is 11.6 Å². The lowest BCUT2D eigenvalue weighted by Crippen LogP contribution is -2.27. The number of hydrogen-bond donors (Lipinski definition) is 2. The maximum atomic E-state index is 12.8. The second-order valence-corrected chi connectivity index (χ2v) is 8.74. The molecule has 0 radical (unpaired) electrons. The summed E-state index contributed by atoms with van der Waals surface area (Å²) in [6.45, 7) is 3.50. The van der Waals surface area contributed by atoms with Gasteiger partial charge in [-0.3, -0.25) is 9.48 Å². The second kappa shape index (κ2) is 6.13. The Morgan fingerprint density at radius 1 is 1.21 bits per heavy atom. The molecule has 0 fully saturated rings. The normalized spacial score (nSPS) is 15.2. The van der Waals surface area contributed by atoms with E-state index in [4.69, 9.17) is 0 Å². The van der Waals surface area contributed by atoms with Crippen LogP contribution in [0, 0.1) is 0 Å². The van der Waals surface area contributed by atoms with Gasteiger partial charge in [-0.1, -0.05) is 0 Å². The van der Waals surface area contributed by atoms with Crippen molar-refractivity contribution in [2.75, 3.05) is 10.0 Å². The first-order valence-corrected chi connectivity index (χ1v) is 9.96. The van der Waals surface area contributed by atoms with E-state index in [1.54, 1.807) is 50.1 Å². The van der Waals surface area contributed by atoms with E-state index >= 15 is 0 Å². The Morgan fingerprint density at radius 2 is 2.00 bits per heavy atom. The number of nitrogens with one attached hydrogen (secondary N) is 2. The van der Waals surface area contributed by atoms with Crippen molar-refractivity contribution in [1.29, 1.82) is 0 Å². The summed E-state index contributed by atoms with van der Waals surface area (Å²) in [5.74, 6) is -0.215. The van der Waals surface area contributed by atoms with Crippen molar-refractivity contribution in [3.05, 3.63) is 48.4 Å². The third-order valence-electron chi connectivity index (χ3n) is 4.67. The van der Waals surface area contributed by atoms with Crippen molar-refractivity contribution in [3.63, 3.8) is 0 Å². The molecule has 10 heteroatoms. The van der Waals surface area contributed by atoms with Gasteiger partial charge >= 0.3 is 0 Å². The van der Waals surface area contributed by atoms with Gasteiger partial charge in [0.1, 0.15) is 0 Å². The van der Waals surface area contributed by atoms with Crippen LogP contribution in [-0.4, -0.2) is 34.1 Å². The van der Waals surface area contributed by atoms with E-state index < -0.39 is 15.4 Å². The zero-order chi connectivity index (χ0) is 20.1. The number of aryl methyl sites for hydroxylation is 1. The van der Waals surface area contributed by atoms with Crippen molar-refractivity contribution in [2.24, 2.45) is 7.05 Å². The summed E-state index contributed by atoms with van der Waals surface area (Å²) in [7, 11) is -2.15. The van der Waals surface area contributed by atoms with Crippen LogP contribution < -0.4 is 10.0 Å². The van der Waals surface area contributed by atoms with Gasteiger partial charge in [-0.2, -0.15) is 5.10 Å². The summed E-state index contributed by atoms with van der Waals surface area (Å²) in [6, 6.07) is 6.20. The summed E-state index contributed by atoms with van der Waals surface area (Å²) in [5, 5.41) is 6.84. The molecule has 0 aliphatic carbocycles. The van der Waals surface area contributed by atoms with Crippen molar-refractivity contribution in [2.45, 2.75) is 24.2 Å². The molecule has 0 saturated heterocycles. The zero-order valence-corrected chi connectivity index (χ0v) is 16.3. The first kappa shape index (κ1) is 18.1. The molecular formula is C18H18N6O3S. The molecule has 0 bridgehead atoms. The third-order valence-corrected chi connectivity index (χ3v) is 6.00. The number of rotatable bonds is 4. The van der Waals surface area contributed by atoms with Gasteiger partial charge in [0.05, 0.1) is 22.2 Å². The summed E-state index contributed by atoms with van der Waals surface area (Å²) < 4.78 is 29.7. The molecule has 2 aromatic heterocycles. The number of amides is 1. The molecule has 1 aliphatic heterocycles. The maximum absolute atomic E-state index is 12.8. The van der Waals surface area contributed by atoms with Gasteiger partial charge in [0.15, 0.2) is 0 Å². The van der Waals surface area contributed by atoms with Gasteiger partial charge in [-0.05, 0) is 43.7 Å². The quantitative estimate of drug-likeness (QED) is 0.693. The lowest BCUT2D eigenvalue weighted by atomic mass is 9.86. The first-order chi connectivity index (χ1) is 13.2. The number of aromatic nitrogens is 4. The number of anilines is 2. The number of benzene rings is 1.